The fraction of sp³-hybridized carbons (Fsp3) is 0.273. The number of hydrogen-bond donors (Lipinski definition) is 1. The predicted octanol–water partition coefficient (Wildman–Crippen LogP) is 2.38. The fourth-order valence-corrected chi connectivity index (χ4v) is 3.52. The van der Waals surface area contributed by atoms with Gasteiger partial charge in [-0.05, 0) is 43.2 Å². The van der Waals surface area contributed by atoms with Crippen LogP contribution in [0.5, 0.6) is 0 Å². The van der Waals surface area contributed by atoms with Crippen molar-refractivity contribution in [3.8, 4) is 0 Å². The molecule has 0 atom stereocenters. The lowest BCUT2D eigenvalue weighted by Crippen LogP contribution is -2.32. The number of amides is 3. The second-order valence-electron chi connectivity index (χ2n) is 7.21. The van der Waals surface area contributed by atoms with E-state index < -0.39 is 0 Å². The van der Waals surface area contributed by atoms with Gasteiger partial charge >= 0.3 is 0 Å². The van der Waals surface area contributed by atoms with Crippen LogP contribution in [0, 0.1) is 6.92 Å². The molecule has 1 aliphatic heterocycles. The van der Waals surface area contributed by atoms with E-state index in [1.807, 2.05) is 35.9 Å². The van der Waals surface area contributed by atoms with Crippen molar-refractivity contribution < 1.29 is 14.4 Å². The number of imide groups is 1. The van der Waals surface area contributed by atoms with E-state index in [0.29, 0.717) is 30.5 Å². The Morgan fingerprint density at radius 1 is 1.10 bits per heavy atom. The Morgan fingerprint density at radius 2 is 1.83 bits per heavy atom. The number of fused-ring (bicyclic) bond motifs is 2. The van der Waals surface area contributed by atoms with Gasteiger partial charge in [0.25, 0.3) is 11.8 Å². The molecule has 0 saturated heterocycles. The van der Waals surface area contributed by atoms with Crippen molar-refractivity contribution in [3.63, 3.8) is 0 Å². The van der Waals surface area contributed by atoms with Gasteiger partial charge in [0, 0.05) is 38.3 Å². The van der Waals surface area contributed by atoms with E-state index in [4.69, 9.17) is 0 Å². The van der Waals surface area contributed by atoms with Gasteiger partial charge < -0.3 is 9.72 Å². The number of aromatic nitrogens is 2. The third-order valence-corrected chi connectivity index (χ3v) is 5.03. The van der Waals surface area contributed by atoms with Gasteiger partial charge in [-0.3, -0.25) is 19.3 Å². The number of imidazole rings is 1. The Balaban J connectivity index is 1.21. The summed E-state index contributed by atoms with van der Waals surface area (Å²) >= 11 is 0. The molecular weight excluding hydrogens is 368 g/mol. The Kier molecular flexibility index (Phi) is 5.12. The number of nitrogens with zero attached hydrogens (tertiary/aromatic N) is 3. The summed E-state index contributed by atoms with van der Waals surface area (Å²) in [6.07, 6.45) is 5.27. The molecule has 2 aromatic heterocycles. The Labute approximate surface area is 168 Å². The molecule has 0 aliphatic carbocycles. The average Bonchev–Trinajstić information content (AvgIpc) is 3.21. The molecule has 0 unspecified atom stereocenters. The van der Waals surface area contributed by atoms with Crippen molar-refractivity contribution in [1.82, 2.24) is 19.6 Å². The monoisotopic (exact) mass is 390 g/mol. The van der Waals surface area contributed by atoms with E-state index in [-0.39, 0.29) is 30.7 Å². The second kappa shape index (κ2) is 7.87. The number of nitrogens with one attached hydrogen (secondary N) is 1. The van der Waals surface area contributed by atoms with Crippen LogP contribution in [-0.2, 0) is 11.2 Å². The number of aryl methyl sites for hydroxylation is 1. The van der Waals surface area contributed by atoms with Crippen molar-refractivity contribution in [2.45, 2.75) is 26.2 Å². The van der Waals surface area contributed by atoms with Crippen LogP contribution in [0.2, 0.25) is 0 Å². The van der Waals surface area contributed by atoms with Crippen LogP contribution in [-0.4, -0.2) is 45.1 Å². The van der Waals surface area contributed by atoms with Gasteiger partial charge in [-0.1, -0.05) is 12.1 Å². The fourth-order valence-electron chi connectivity index (χ4n) is 3.52. The predicted molar refractivity (Wildman–Crippen MR) is 108 cm³/mol. The van der Waals surface area contributed by atoms with Crippen LogP contribution in [0.1, 0.15) is 44.8 Å². The first kappa shape index (κ1) is 18.9. The molecular formula is C22H22N4O3. The molecule has 29 heavy (non-hydrogen) atoms. The minimum atomic E-state index is -0.284. The third-order valence-electron chi connectivity index (χ3n) is 5.03. The summed E-state index contributed by atoms with van der Waals surface area (Å²) in [6.45, 7) is 2.76. The molecule has 148 valence electrons. The molecule has 4 rings (SSSR count). The molecule has 7 nitrogen and oxygen atoms in total. The maximum absolute atomic E-state index is 12.3. The third kappa shape index (κ3) is 3.89. The number of pyridine rings is 1. The van der Waals surface area contributed by atoms with Crippen LogP contribution < -0.4 is 5.32 Å². The molecule has 3 aromatic rings. The first-order chi connectivity index (χ1) is 14.0. The molecule has 0 saturated carbocycles. The summed E-state index contributed by atoms with van der Waals surface area (Å²) in [5.74, 6) is -0.664. The van der Waals surface area contributed by atoms with E-state index in [0.717, 1.165) is 16.9 Å². The number of benzene rings is 1. The molecule has 1 aliphatic rings. The quantitative estimate of drug-likeness (QED) is 0.628. The summed E-state index contributed by atoms with van der Waals surface area (Å²) < 4.78 is 1.96. The van der Waals surface area contributed by atoms with Crippen molar-refractivity contribution in [3.05, 3.63) is 71.2 Å². The molecule has 0 radical (unpaired) electrons. The SMILES string of the molecule is Cc1ccn2cc(CCNC(=O)CCCN3C(=O)c4ccccc4C3=O)nc2c1. The number of carbonyl (C=O) groups is 3. The Morgan fingerprint density at radius 3 is 2.55 bits per heavy atom. The first-order valence-corrected chi connectivity index (χ1v) is 9.69. The number of carbonyl (C=O) groups excluding carboxylic acids is 3. The zero-order valence-electron chi connectivity index (χ0n) is 16.2. The van der Waals surface area contributed by atoms with Gasteiger partial charge in [0.05, 0.1) is 16.8 Å². The van der Waals surface area contributed by atoms with Crippen LogP contribution in [0.25, 0.3) is 5.65 Å². The lowest BCUT2D eigenvalue weighted by molar-refractivity contribution is -0.121. The van der Waals surface area contributed by atoms with Gasteiger partial charge in [-0.25, -0.2) is 4.98 Å². The molecule has 3 amide bonds. The normalized spacial score (nSPS) is 13.2. The van der Waals surface area contributed by atoms with Gasteiger partial charge in [-0.15, -0.1) is 0 Å². The molecule has 3 heterocycles. The number of hydrogen-bond acceptors (Lipinski definition) is 4. The van der Waals surface area contributed by atoms with E-state index >= 15 is 0 Å². The standard InChI is InChI=1S/C22H22N4O3/c1-15-9-12-25-14-16(24-19(25)13-15)8-10-23-20(27)7-4-11-26-21(28)17-5-2-3-6-18(17)22(26)29/h2-3,5-6,9,12-14H,4,7-8,10-11H2,1H3,(H,23,27). The Bertz CT molecular complexity index is 1070. The molecule has 7 heteroatoms. The minimum absolute atomic E-state index is 0.0961. The summed E-state index contributed by atoms with van der Waals surface area (Å²) in [6, 6.07) is 10.8. The highest BCUT2D eigenvalue weighted by Gasteiger charge is 2.34. The van der Waals surface area contributed by atoms with E-state index in [1.165, 1.54) is 4.90 Å². The van der Waals surface area contributed by atoms with Crippen molar-refractivity contribution in [1.29, 1.82) is 0 Å². The van der Waals surface area contributed by atoms with Gasteiger partial charge in [-0.2, -0.15) is 0 Å². The van der Waals surface area contributed by atoms with Crippen LogP contribution in [0.15, 0.2) is 48.8 Å². The van der Waals surface area contributed by atoms with Crippen molar-refractivity contribution in [2.24, 2.45) is 0 Å². The van der Waals surface area contributed by atoms with Crippen LogP contribution in [0.4, 0.5) is 0 Å². The van der Waals surface area contributed by atoms with Crippen molar-refractivity contribution >= 4 is 23.4 Å². The summed E-state index contributed by atoms with van der Waals surface area (Å²) in [7, 11) is 0. The van der Waals surface area contributed by atoms with E-state index in [9.17, 15) is 14.4 Å². The van der Waals surface area contributed by atoms with Crippen molar-refractivity contribution in [2.75, 3.05) is 13.1 Å². The molecule has 0 bridgehead atoms. The first-order valence-electron chi connectivity index (χ1n) is 9.69. The van der Waals surface area contributed by atoms with Crippen LogP contribution in [0.3, 0.4) is 0 Å². The lowest BCUT2D eigenvalue weighted by Gasteiger charge is -2.13. The van der Waals surface area contributed by atoms with Crippen LogP contribution >= 0.6 is 0 Å². The summed E-state index contributed by atoms with van der Waals surface area (Å²) in [5.41, 5.74) is 3.84. The molecule has 1 N–H and O–H groups in total. The zero-order chi connectivity index (χ0) is 20.4. The Hall–Kier alpha value is -3.48. The average molecular weight is 390 g/mol. The highest BCUT2D eigenvalue weighted by molar-refractivity contribution is 6.21. The van der Waals surface area contributed by atoms with E-state index in [1.54, 1.807) is 24.3 Å². The van der Waals surface area contributed by atoms with E-state index in [2.05, 4.69) is 10.3 Å². The largest absolute Gasteiger partial charge is 0.356 e. The molecule has 1 aromatic carbocycles. The zero-order valence-corrected chi connectivity index (χ0v) is 16.2. The molecule has 0 spiro atoms. The maximum Gasteiger partial charge on any atom is 0.261 e. The maximum atomic E-state index is 12.3. The van der Waals surface area contributed by atoms with Gasteiger partial charge in [0.15, 0.2) is 0 Å². The summed E-state index contributed by atoms with van der Waals surface area (Å²) in [4.78, 5) is 42.5. The highest BCUT2D eigenvalue weighted by Crippen LogP contribution is 2.22. The minimum Gasteiger partial charge on any atom is -0.356 e. The highest BCUT2D eigenvalue weighted by atomic mass is 16.2. The topological polar surface area (TPSA) is 83.8 Å². The summed E-state index contributed by atoms with van der Waals surface area (Å²) in [5, 5.41) is 2.88. The lowest BCUT2D eigenvalue weighted by atomic mass is 10.1. The van der Waals surface area contributed by atoms with Gasteiger partial charge in [0.2, 0.25) is 5.91 Å². The molecule has 0 fully saturated rings. The second-order valence-corrected chi connectivity index (χ2v) is 7.21. The number of rotatable bonds is 7. The smallest absolute Gasteiger partial charge is 0.261 e. The van der Waals surface area contributed by atoms with Gasteiger partial charge in [0.1, 0.15) is 5.65 Å².